The van der Waals surface area contributed by atoms with Crippen molar-refractivity contribution in [2.75, 3.05) is 0 Å². The number of hydrogen-bond acceptors (Lipinski definition) is 4. The van der Waals surface area contributed by atoms with Crippen molar-refractivity contribution >= 4 is 46.3 Å². The number of hydrogen-bond donors (Lipinski definition) is 1. The number of carbonyl (C=O) groups is 2. The van der Waals surface area contributed by atoms with E-state index < -0.39 is 12.0 Å². The highest BCUT2D eigenvalue weighted by atomic mass is 32.2. The van der Waals surface area contributed by atoms with E-state index in [1.165, 1.54) is 10.5 Å². The summed E-state index contributed by atoms with van der Waals surface area (Å²) in [6.07, 6.45) is 1.76. The molecular weight excluding hydrogens is 378 g/mol. The number of carbonyl (C=O) groups excluding carboxylic acids is 1. The molecule has 0 aliphatic carbocycles. The summed E-state index contributed by atoms with van der Waals surface area (Å²) >= 11 is 6.46. The van der Waals surface area contributed by atoms with Gasteiger partial charge in [0, 0.05) is 0 Å². The number of carboxylic acids is 1. The van der Waals surface area contributed by atoms with Crippen molar-refractivity contribution in [2.45, 2.75) is 25.8 Å². The molecule has 1 atom stereocenters. The topological polar surface area (TPSA) is 57.6 Å². The fourth-order valence-electron chi connectivity index (χ4n) is 2.87. The molecule has 0 spiro atoms. The first-order valence-electron chi connectivity index (χ1n) is 8.53. The Balaban J connectivity index is 1.91. The van der Waals surface area contributed by atoms with Crippen LogP contribution in [0.4, 0.5) is 0 Å². The molecule has 0 saturated carbocycles. The van der Waals surface area contributed by atoms with Gasteiger partial charge in [0.1, 0.15) is 4.32 Å². The fraction of sp³-hybridized carbons (Fsp3) is 0.190. The minimum Gasteiger partial charge on any atom is -0.479 e. The summed E-state index contributed by atoms with van der Waals surface area (Å²) in [6, 6.07) is 15.5. The highest BCUT2D eigenvalue weighted by Crippen LogP contribution is 2.38. The first-order valence-corrected chi connectivity index (χ1v) is 9.75. The number of thioether (sulfide) groups is 1. The molecule has 1 heterocycles. The number of carboxylic acid groups (broad SMARTS) is 1. The molecule has 3 rings (SSSR count). The molecule has 1 fully saturated rings. The average Bonchev–Trinajstić information content (AvgIpc) is 2.91. The number of thiocarbonyl (C=S) groups is 1. The van der Waals surface area contributed by atoms with Crippen molar-refractivity contribution in [1.82, 2.24) is 4.90 Å². The van der Waals surface area contributed by atoms with Gasteiger partial charge in [-0.2, -0.15) is 0 Å². The van der Waals surface area contributed by atoms with Crippen LogP contribution in [0.5, 0.6) is 0 Å². The summed E-state index contributed by atoms with van der Waals surface area (Å²) < 4.78 is 0.251. The maximum atomic E-state index is 12.9. The van der Waals surface area contributed by atoms with E-state index in [9.17, 15) is 14.7 Å². The number of aliphatic carboxylic acids is 1. The predicted molar refractivity (Wildman–Crippen MR) is 112 cm³/mol. The molecule has 1 aliphatic heterocycles. The molecule has 2 aromatic rings. The number of amides is 1. The lowest BCUT2D eigenvalue weighted by Crippen LogP contribution is -2.37. The molecule has 1 N–H and O–H groups in total. The molecule has 0 radical (unpaired) electrons. The van der Waals surface area contributed by atoms with Crippen molar-refractivity contribution in [1.29, 1.82) is 0 Å². The van der Waals surface area contributed by atoms with Crippen LogP contribution >= 0.6 is 24.0 Å². The summed E-state index contributed by atoms with van der Waals surface area (Å²) in [7, 11) is 0. The Hall–Kier alpha value is -2.44. The smallest absolute Gasteiger partial charge is 0.331 e. The number of benzene rings is 2. The summed E-state index contributed by atoms with van der Waals surface area (Å²) in [6.45, 7) is 4.24. The lowest BCUT2D eigenvalue weighted by molar-refractivity contribution is -0.145. The molecule has 1 saturated heterocycles. The van der Waals surface area contributed by atoms with Gasteiger partial charge >= 0.3 is 5.97 Å². The van der Waals surface area contributed by atoms with E-state index >= 15 is 0 Å². The van der Waals surface area contributed by atoms with Crippen molar-refractivity contribution in [3.8, 4) is 0 Å². The second-order valence-corrected chi connectivity index (χ2v) is 8.20. The quantitative estimate of drug-likeness (QED) is 0.578. The zero-order chi connectivity index (χ0) is 19.6. The van der Waals surface area contributed by atoms with E-state index in [1.54, 1.807) is 36.4 Å². The molecule has 0 unspecified atom stereocenters. The highest BCUT2D eigenvalue weighted by molar-refractivity contribution is 8.26. The third kappa shape index (κ3) is 4.12. The average molecular weight is 398 g/mol. The van der Waals surface area contributed by atoms with Crippen molar-refractivity contribution in [3.63, 3.8) is 0 Å². The van der Waals surface area contributed by atoms with E-state index in [2.05, 4.69) is 13.8 Å². The molecular formula is C21H19NO3S2. The summed E-state index contributed by atoms with van der Waals surface area (Å²) in [4.78, 5) is 26.4. The summed E-state index contributed by atoms with van der Waals surface area (Å²) in [5.74, 6) is -1.06. The van der Waals surface area contributed by atoms with Crippen LogP contribution in [-0.2, 0) is 9.59 Å². The fourth-order valence-corrected chi connectivity index (χ4v) is 4.18. The molecule has 138 valence electrons. The largest absolute Gasteiger partial charge is 0.479 e. The van der Waals surface area contributed by atoms with Gasteiger partial charge in [-0.1, -0.05) is 92.4 Å². The van der Waals surface area contributed by atoms with Crippen LogP contribution in [0.25, 0.3) is 6.08 Å². The molecule has 6 heteroatoms. The lowest BCUT2D eigenvalue weighted by Gasteiger charge is -2.23. The molecule has 0 bridgehead atoms. The minimum absolute atomic E-state index is 0.251. The van der Waals surface area contributed by atoms with Crippen LogP contribution in [0, 0.1) is 0 Å². The predicted octanol–water partition coefficient (Wildman–Crippen LogP) is 4.84. The van der Waals surface area contributed by atoms with Gasteiger partial charge in [0.05, 0.1) is 4.91 Å². The molecule has 1 aliphatic rings. The first-order chi connectivity index (χ1) is 12.9. The van der Waals surface area contributed by atoms with Gasteiger partial charge in [-0.25, -0.2) is 4.79 Å². The zero-order valence-electron chi connectivity index (χ0n) is 15.0. The standard InChI is InChI=1S/C21H19NO3S2/c1-13(2)15-10-8-14(9-11-15)12-17-19(23)22(21(26)27-17)18(20(24)25)16-6-4-3-5-7-16/h3-13,18H,1-2H3,(H,24,25)/b17-12+/t18-/m0/s1. The third-order valence-electron chi connectivity index (χ3n) is 4.33. The lowest BCUT2D eigenvalue weighted by atomic mass is 10.0. The van der Waals surface area contributed by atoms with Crippen molar-refractivity contribution < 1.29 is 14.7 Å². The van der Waals surface area contributed by atoms with Crippen molar-refractivity contribution in [2.24, 2.45) is 0 Å². The van der Waals surface area contributed by atoms with Crippen LogP contribution in [0.1, 0.15) is 42.5 Å². The Bertz CT molecular complexity index is 905. The van der Waals surface area contributed by atoms with Gasteiger partial charge in [-0.15, -0.1) is 0 Å². The Labute approximate surface area is 167 Å². The first kappa shape index (κ1) is 19.3. The summed E-state index contributed by atoms with van der Waals surface area (Å²) in [5, 5.41) is 9.70. The maximum absolute atomic E-state index is 12.9. The van der Waals surface area contributed by atoms with Crippen LogP contribution in [0.2, 0.25) is 0 Å². The highest BCUT2D eigenvalue weighted by Gasteiger charge is 2.41. The second-order valence-electron chi connectivity index (χ2n) is 6.52. The van der Waals surface area contributed by atoms with E-state index in [4.69, 9.17) is 12.2 Å². The number of nitrogens with zero attached hydrogens (tertiary/aromatic N) is 1. The van der Waals surface area contributed by atoms with Crippen LogP contribution in [0.3, 0.4) is 0 Å². The SMILES string of the molecule is CC(C)c1ccc(/C=C2/SC(=S)N([C@H](C(=O)O)c3ccccc3)C2=O)cc1. The van der Waals surface area contributed by atoms with Gasteiger partial charge in [-0.05, 0) is 28.7 Å². The Morgan fingerprint density at radius 3 is 2.26 bits per heavy atom. The second kappa shape index (κ2) is 8.06. The van der Waals surface area contributed by atoms with Crippen LogP contribution < -0.4 is 0 Å². The minimum atomic E-state index is -1.13. The molecule has 2 aromatic carbocycles. The monoisotopic (exact) mass is 397 g/mol. The van der Waals surface area contributed by atoms with Gasteiger partial charge in [0.25, 0.3) is 5.91 Å². The molecule has 27 heavy (non-hydrogen) atoms. The Morgan fingerprint density at radius 2 is 1.70 bits per heavy atom. The van der Waals surface area contributed by atoms with Crippen LogP contribution in [-0.4, -0.2) is 26.2 Å². The van der Waals surface area contributed by atoms with Gasteiger partial charge in [0.15, 0.2) is 6.04 Å². The van der Waals surface area contributed by atoms with Gasteiger partial charge in [-0.3, -0.25) is 9.69 Å². The maximum Gasteiger partial charge on any atom is 0.331 e. The molecule has 4 nitrogen and oxygen atoms in total. The molecule has 0 aromatic heterocycles. The van der Waals surface area contributed by atoms with Crippen molar-refractivity contribution in [3.05, 3.63) is 76.2 Å². The summed E-state index contributed by atoms with van der Waals surface area (Å²) in [5.41, 5.74) is 2.62. The van der Waals surface area contributed by atoms with E-state index in [0.29, 0.717) is 16.4 Å². The van der Waals surface area contributed by atoms with Gasteiger partial charge in [0.2, 0.25) is 0 Å². The van der Waals surface area contributed by atoms with Crippen LogP contribution in [0.15, 0.2) is 59.5 Å². The van der Waals surface area contributed by atoms with E-state index in [-0.39, 0.29) is 10.2 Å². The van der Waals surface area contributed by atoms with Gasteiger partial charge < -0.3 is 5.11 Å². The Morgan fingerprint density at radius 1 is 1.07 bits per heavy atom. The Kier molecular flexibility index (Phi) is 5.77. The third-order valence-corrected chi connectivity index (χ3v) is 5.66. The molecule has 1 amide bonds. The normalized spacial score (nSPS) is 17.0. The van der Waals surface area contributed by atoms with E-state index in [0.717, 1.165) is 17.3 Å². The number of rotatable bonds is 5. The van der Waals surface area contributed by atoms with E-state index in [1.807, 2.05) is 24.3 Å². The zero-order valence-corrected chi connectivity index (χ0v) is 16.6.